The van der Waals surface area contributed by atoms with E-state index in [1.165, 1.54) is 38.6 Å². The van der Waals surface area contributed by atoms with Crippen LogP contribution in [-0.2, 0) is 6.42 Å². The Morgan fingerprint density at radius 1 is 0.789 bits per heavy atom. The summed E-state index contributed by atoms with van der Waals surface area (Å²) in [5.41, 5.74) is 5.47. The van der Waals surface area contributed by atoms with Crippen molar-refractivity contribution in [2.45, 2.75) is 25.4 Å². The molecule has 5 aromatic rings. The molecule has 0 N–H and O–H groups in total. The zero-order chi connectivity index (χ0) is 26.2. The maximum absolute atomic E-state index is 12.8. The van der Waals surface area contributed by atoms with E-state index in [1.54, 1.807) is 24.3 Å². The number of benzene rings is 4. The fourth-order valence-electron chi connectivity index (χ4n) is 5.09. The van der Waals surface area contributed by atoms with E-state index in [-0.39, 0.29) is 11.8 Å². The third-order valence-corrected chi connectivity index (χ3v) is 7.86. The number of fused-ring (bicyclic) bond motifs is 2. The first-order chi connectivity index (χ1) is 18.5. The molecule has 0 fully saturated rings. The monoisotopic (exact) mass is 518 g/mol. The van der Waals surface area contributed by atoms with Crippen LogP contribution in [0.5, 0.6) is 0 Å². The van der Waals surface area contributed by atoms with Crippen molar-refractivity contribution in [3.8, 4) is 5.69 Å². The SMILES string of the molecule is Cc1ccc(-n2c(Cc3cccc4ccccc34)nnc2SCCN2C(=O)c3ccccc3C2=O)c(C)c1. The lowest BCUT2D eigenvalue weighted by molar-refractivity contribution is 0.0664. The van der Waals surface area contributed by atoms with Gasteiger partial charge < -0.3 is 0 Å². The highest BCUT2D eigenvalue weighted by Crippen LogP contribution is 2.29. The van der Waals surface area contributed by atoms with E-state index in [0.29, 0.717) is 29.8 Å². The van der Waals surface area contributed by atoms with E-state index in [1.807, 2.05) is 6.07 Å². The highest BCUT2D eigenvalue weighted by atomic mass is 32.2. The summed E-state index contributed by atoms with van der Waals surface area (Å²) in [6.07, 6.45) is 0.626. The molecular weight excluding hydrogens is 492 g/mol. The van der Waals surface area contributed by atoms with Gasteiger partial charge in [0.15, 0.2) is 5.16 Å². The van der Waals surface area contributed by atoms with Gasteiger partial charge in [0.05, 0.1) is 16.8 Å². The van der Waals surface area contributed by atoms with Gasteiger partial charge >= 0.3 is 0 Å². The minimum atomic E-state index is -0.237. The number of nitrogens with zero attached hydrogens (tertiary/aromatic N) is 4. The summed E-state index contributed by atoms with van der Waals surface area (Å²) in [6.45, 7) is 4.48. The average Bonchev–Trinajstić information content (AvgIpc) is 3.42. The van der Waals surface area contributed by atoms with Gasteiger partial charge in [-0.1, -0.05) is 84.1 Å². The Labute approximate surface area is 225 Å². The fourth-order valence-corrected chi connectivity index (χ4v) is 5.98. The molecule has 2 heterocycles. The second-order valence-electron chi connectivity index (χ2n) is 9.50. The number of carbonyl (C=O) groups excluding carboxylic acids is 2. The van der Waals surface area contributed by atoms with E-state index in [2.05, 4.69) is 83.2 Å². The lowest BCUT2D eigenvalue weighted by atomic mass is 10.0. The van der Waals surface area contributed by atoms with Gasteiger partial charge in [-0.25, -0.2) is 0 Å². The number of thioether (sulfide) groups is 1. The summed E-state index contributed by atoms with van der Waals surface area (Å²) < 4.78 is 2.11. The van der Waals surface area contributed by atoms with Gasteiger partial charge in [0.25, 0.3) is 11.8 Å². The van der Waals surface area contributed by atoms with Crippen molar-refractivity contribution in [1.82, 2.24) is 19.7 Å². The van der Waals surface area contributed by atoms with Gasteiger partial charge in [0.2, 0.25) is 0 Å². The summed E-state index contributed by atoms with van der Waals surface area (Å²) in [5.74, 6) is 0.886. The predicted molar refractivity (Wildman–Crippen MR) is 150 cm³/mol. The van der Waals surface area contributed by atoms with E-state index >= 15 is 0 Å². The zero-order valence-electron chi connectivity index (χ0n) is 21.2. The first-order valence-corrected chi connectivity index (χ1v) is 13.6. The highest BCUT2D eigenvalue weighted by Gasteiger charge is 2.34. The number of hydrogen-bond acceptors (Lipinski definition) is 5. The standard InChI is InChI=1S/C31H26N4O2S/c1-20-14-15-27(21(2)18-20)35-28(19-23-10-7-9-22-8-3-4-11-24(22)23)32-33-31(35)38-17-16-34-29(36)25-12-5-6-13-26(25)30(34)37/h3-15,18H,16-17,19H2,1-2H3. The molecule has 188 valence electrons. The van der Waals surface area contributed by atoms with Gasteiger partial charge in [-0.2, -0.15) is 0 Å². The minimum Gasteiger partial charge on any atom is -0.273 e. The van der Waals surface area contributed by atoms with E-state index in [9.17, 15) is 9.59 Å². The summed E-state index contributed by atoms with van der Waals surface area (Å²) in [7, 11) is 0. The number of rotatable bonds is 7. The molecule has 6 rings (SSSR count). The molecule has 0 saturated carbocycles. The molecule has 0 saturated heterocycles. The Bertz CT molecular complexity index is 1670. The van der Waals surface area contributed by atoms with Crippen LogP contribution >= 0.6 is 11.8 Å². The zero-order valence-corrected chi connectivity index (χ0v) is 22.0. The van der Waals surface area contributed by atoms with Crippen molar-refractivity contribution >= 4 is 34.3 Å². The van der Waals surface area contributed by atoms with Crippen molar-refractivity contribution in [1.29, 1.82) is 0 Å². The normalized spacial score (nSPS) is 12.9. The predicted octanol–water partition coefficient (Wildman–Crippen LogP) is 6.02. The Kier molecular flexibility index (Phi) is 6.29. The maximum atomic E-state index is 12.8. The van der Waals surface area contributed by atoms with E-state index < -0.39 is 0 Å². The van der Waals surface area contributed by atoms with Crippen molar-refractivity contribution in [2.75, 3.05) is 12.3 Å². The molecule has 0 radical (unpaired) electrons. The lowest BCUT2D eigenvalue weighted by Crippen LogP contribution is -2.31. The third kappa shape index (κ3) is 4.29. The number of imide groups is 1. The van der Waals surface area contributed by atoms with Crippen molar-refractivity contribution in [3.63, 3.8) is 0 Å². The summed E-state index contributed by atoms with van der Waals surface area (Å²) in [6, 6.07) is 28.0. The Hall–Kier alpha value is -4.23. The van der Waals surface area contributed by atoms with Gasteiger partial charge in [-0.15, -0.1) is 10.2 Å². The van der Waals surface area contributed by atoms with Gasteiger partial charge in [-0.3, -0.25) is 19.1 Å². The van der Waals surface area contributed by atoms with Crippen LogP contribution in [-0.4, -0.2) is 43.8 Å². The molecule has 1 aliphatic rings. The van der Waals surface area contributed by atoms with Crippen LogP contribution in [0.25, 0.3) is 16.5 Å². The largest absolute Gasteiger partial charge is 0.273 e. The van der Waals surface area contributed by atoms with Crippen LogP contribution in [0.2, 0.25) is 0 Å². The average molecular weight is 519 g/mol. The minimum absolute atomic E-state index is 0.237. The van der Waals surface area contributed by atoms with Crippen LogP contribution < -0.4 is 0 Å². The second-order valence-corrected chi connectivity index (χ2v) is 10.6. The molecule has 4 aromatic carbocycles. The Morgan fingerprint density at radius 3 is 2.26 bits per heavy atom. The Balaban J connectivity index is 1.30. The molecule has 2 amide bonds. The number of aromatic nitrogens is 3. The molecule has 1 aromatic heterocycles. The topological polar surface area (TPSA) is 68.1 Å². The maximum Gasteiger partial charge on any atom is 0.261 e. The van der Waals surface area contributed by atoms with Crippen molar-refractivity contribution < 1.29 is 9.59 Å². The van der Waals surface area contributed by atoms with Gasteiger partial charge in [0, 0.05) is 18.7 Å². The number of aryl methyl sites for hydroxylation is 2. The fraction of sp³-hybridized carbons (Fsp3) is 0.161. The van der Waals surface area contributed by atoms with Gasteiger partial charge in [-0.05, 0) is 53.9 Å². The van der Waals surface area contributed by atoms with Crippen LogP contribution in [0.15, 0.2) is 90.1 Å². The third-order valence-electron chi connectivity index (χ3n) is 6.95. The lowest BCUT2D eigenvalue weighted by Gasteiger charge is -2.16. The van der Waals surface area contributed by atoms with Crippen molar-refractivity contribution in [2.24, 2.45) is 0 Å². The molecule has 0 bridgehead atoms. The van der Waals surface area contributed by atoms with Gasteiger partial charge in [0.1, 0.15) is 5.82 Å². The van der Waals surface area contributed by atoms with Crippen LogP contribution in [0.3, 0.4) is 0 Å². The first-order valence-electron chi connectivity index (χ1n) is 12.6. The number of amides is 2. The van der Waals surface area contributed by atoms with Crippen LogP contribution in [0, 0.1) is 13.8 Å². The molecule has 6 nitrogen and oxygen atoms in total. The summed E-state index contributed by atoms with van der Waals surface area (Å²) in [5, 5.41) is 12.3. The molecule has 0 aliphatic carbocycles. The number of carbonyl (C=O) groups is 2. The number of hydrogen-bond donors (Lipinski definition) is 0. The molecule has 0 unspecified atom stereocenters. The quantitative estimate of drug-likeness (QED) is 0.195. The summed E-state index contributed by atoms with van der Waals surface area (Å²) >= 11 is 1.50. The Morgan fingerprint density at radius 2 is 1.50 bits per heavy atom. The van der Waals surface area contributed by atoms with Crippen LogP contribution in [0.4, 0.5) is 0 Å². The molecule has 0 atom stereocenters. The molecule has 38 heavy (non-hydrogen) atoms. The summed E-state index contributed by atoms with van der Waals surface area (Å²) in [4.78, 5) is 26.9. The molecule has 1 aliphatic heterocycles. The highest BCUT2D eigenvalue weighted by molar-refractivity contribution is 7.99. The van der Waals surface area contributed by atoms with E-state index in [0.717, 1.165) is 22.2 Å². The smallest absolute Gasteiger partial charge is 0.261 e. The first kappa shape index (κ1) is 24.1. The van der Waals surface area contributed by atoms with Crippen molar-refractivity contribution in [3.05, 3.63) is 119 Å². The molecular formula is C31H26N4O2S. The second kappa shape index (κ2) is 9.91. The van der Waals surface area contributed by atoms with Crippen LogP contribution in [0.1, 0.15) is 43.2 Å². The molecule has 0 spiro atoms. The molecule has 7 heteroatoms. The van der Waals surface area contributed by atoms with E-state index in [4.69, 9.17) is 0 Å².